The zero-order valence-electron chi connectivity index (χ0n) is 65.9. The van der Waals surface area contributed by atoms with Gasteiger partial charge in [0.25, 0.3) is 0 Å². The summed E-state index contributed by atoms with van der Waals surface area (Å²) in [5, 5.41) is 11.9. The molecule has 0 heterocycles. The van der Waals surface area contributed by atoms with Crippen molar-refractivity contribution in [2.75, 3.05) is 47.5 Å². The third-order valence-corrected chi connectivity index (χ3v) is 19.5. The number of allylic oxidation sites excluding steroid dienone is 10. The maximum absolute atomic E-state index is 13.0. The molecule has 9 heteroatoms. The lowest BCUT2D eigenvalue weighted by molar-refractivity contribution is -0.870. The van der Waals surface area contributed by atoms with Crippen molar-refractivity contribution in [3.05, 3.63) is 60.8 Å². The van der Waals surface area contributed by atoms with Crippen LogP contribution in [0.15, 0.2) is 60.8 Å². The molecule has 0 fully saturated rings. The maximum Gasteiger partial charge on any atom is 0.306 e. The second-order valence-electron chi connectivity index (χ2n) is 30.5. The lowest BCUT2D eigenvalue weighted by Crippen LogP contribution is -2.44. The van der Waals surface area contributed by atoms with Crippen LogP contribution in [0, 0.1) is 0 Å². The fraction of sp³-hybridized carbons (Fsp3) is 0.854. The third kappa shape index (κ3) is 80.3. The largest absolute Gasteiger partial charge is 0.545 e. The summed E-state index contributed by atoms with van der Waals surface area (Å²) in [6.45, 7) is 4.72. The number of aliphatic carboxylic acids is 1. The van der Waals surface area contributed by atoms with Gasteiger partial charge in [0.05, 0.1) is 40.3 Å². The Balaban J connectivity index is 3.93. The number of esters is 2. The van der Waals surface area contributed by atoms with Crippen LogP contribution in [-0.2, 0) is 33.3 Å². The Bertz CT molecular complexity index is 1800. The van der Waals surface area contributed by atoms with Gasteiger partial charge < -0.3 is 33.3 Å². The van der Waals surface area contributed by atoms with E-state index < -0.39 is 24.3 Å². The second-order valence-corrected chi connectivity index (χ2v) is 30.5. The van der Waals surface area contributed by atoms with E-state index >= 15 is 0 Å². The third-order valence-electron chi connectivity index (χ3n) is 19.5. The summed E-state index contributed by atoms with van der Waals surface area (Å²) in [4.78, 5) is 37.7. The molecule has 0 aliphatic rings. The van der Waals surface area contributed by atoms with Crippen molar-refractivity contribution in [3.8, 4) is 0 Å². The van der Waals surface area contributed by atoms with Crippen LogP contribution in [0.2, 0.25) is 0 Å². The molecule has 0 aliphatic carbocycles. The molecule has 0 aliphatic heterocycles. The van der Waals surface area contributed by atoms with E-state index in [2.05, 4.69) is 74.6 Å². The number of carbonyl (C=O) groups excluding carboxylic acids is 3. The molecule has 98 heavy (non-hydrogen) atoms. The first-order chi connectivity index (χ1) is 48.1. The van der Waals surface area contributed by atoms with Gasteiger partial charge in [0.1, 0.15) is 13.2 Å². The van der Waals surface area contributed by atoms with E-state index in [9.17, 15) is 19.5 Å². The number of carbonyl (C=O) groups is 3. The molecule has 0 saturated carbocycles. The standard InChI is InChI=1S/C89H165NO8/c1-6-8-10-12-14-16-18-20-22-24-26-28-30-32-34-36-38-40-42-44-46-48-50-52-54-56-58-60-62-64-66-68-70-72-74-76-78-80-87(92)98-85(84-97-89(88(93)94)95-82-81-90(3,4)5)83-96-86(91)79-77-75-73-71-69-67-65-63-61-59-57-55-53-51-49-47-45-43-41-39-37-35-33-31-29-27-25-23-21-19-17-15-13-11-9-7-2/h8,10,14,16,20,22,26,28,32,34,85,89H,6-7,9,11-13,15,17-19,21,23-25,27,29-31,33,35-84H2,1-5H3/b10-8-,16-14-,22-20-,28-26-,34-32-. The molecule has 574 valence electrons. The van der Waals surface area contributed by atoms with Crippen molar-refractivity contribution in [1.29, 1.82) is 0 Å². The van der Waals surface area contributed by atoms with Crippen molar-refractivity contribution in [3.63, 3.8) is 0 Å². The van der Waals surface area contributed by atoms with E-state index in [0.717, 1.165) is 70.6 Å². The van der Waals surface area contributed by atoms with Crippen LogP contribution in [0.3, 0.4) is 0 Å². The molecule has 0 aromatic rings. The molecular weight excluding hydrogens is 1210 g/mol. The SMILES string of the molecule is CC/C=C\C/C=C\C/C=C\C/C=C\C/C=C\CCCCCCCCCCCCCCCCCCCCCCCC(=O)OC(COC(=O)CCCCCCCCCCCCCCCCCCCCCCCCCCCCCCCCCCCCCC)COC(OCC[N+](C)(C)C)C(=O)[O-]. The molecule has 9 nitrogen and oxygen atoms in total. The molecule has 0 aromatic carbocycles. The summed E-state index contributed by atoms with van der Waals surface area (Å²) in [7, 11) is 5.95. The Hall–Kier alpha value is -3.01. The Morgan fingerprint density at radius 1 is 0.316 bits per heavy atom. The predicted octanol–water partition coefficient (Wildman–Crippen LogP) is 26.4. The van der Waals surface area contributed by atoms with Crippen molar-refractivity contribution in [2.45, 2.75) is 444 Å². The predicted molar refractivity (Wildman–Crippen MR) is 422 cm³/mol. The number of hydrogen-bond donors (Lipinski definition) is 0. The zero-order chi connectivity index (χ0) is 71.1. The number of carboxylic acids is 1. The highest BCUT2D eigenvalue weighted by Gasteiger charge is 2.22. The highest BCUT2D eigenvalue weighted by molar-refractivity contribution is 5.70. The fourth-order valence-corrected chi connectivity index (χ4v) is 13.0. The van der Waals surface area contributed by atoms with Crippen LogP contribution in [-0.4, -0.2) is 82.3 Å². The number of hydrogen-bond acceptors (Lipinski definition) is 8. The minimum Gasteiger partial charge on any atom is -0.545 e. The number of quaternary nitrogens is 1. The van der Waals surface area contributed by atoms with Gasteiger partial charge in [0, 0.05) is 12.8 Å². The Labute approximate surface area is 609 Å². The summed E-state index contributed by atoms with van der Waals surface area (Å²) in [5.41, 5.74) is 0. The Morgan fingerprint density at radius 2 is 0.582 bits per heavy atom. The summed E-state index contributed by atoms with van der Waals surface area (Å²) < 4.78 is 22.9. The number of nitrogens with zero attached hydrogens (tertiary/aromatic N) is 1. The normalized spacial score (nSPS) is 12.9. The van der Waals surface area contributed by atoms with Gasteiger partial charge >= 0.3 is 11.9 Å². The van der Waals surface area contributed by atoms with Crippen molar-refractivity contribution in [1.82, 2.24) is 0 Å². The quantitative estimate of drug-likeness (QED) is 0.0195. The van der Waals surface area contributed by atoms with Crippen molar-refractivity contribution < 1.29 is 42.9 Å². The average molecular weight is 1380 g/mol. The molecule has 0 N–H and O–H groups in total. The van der Waals surface area contributed by atoms with Crippen LogP contribution >= 0.6 is 0 Å². The number of ether oxygens (including phenoxy) is 4. The first-order valence-corrected chi connectivity index (χ1v) is 42.9. The second kappa shape index (κ2) is 79.7. The maximum atomic E-state index is 13.0. The van der Waals surface area contributed by atoms with Gasteiger partial charge in [0.2, 0.25) is 0 Å². The number of carboxylic acid groups (broad SMARTS) is 1. The van der Waals surface area contributed by atoms with E-state index in [1.54, 1.807) is 0 Å². The molecule has 0 radical (unpaired) electrons. The molecule has 0 aromatic heterocycles. The lowest BCUT2D eigenvalue weighted by Gasteiger charge is -2.26. The monoisotopic (exact) mass is 1380 g/mol. The zero-order valence-corrected chi connectivity index (χ0v) is 65.9. The lowest BCUT2D eigenvalue weighted by atomic mass is 10.0. The Kier molecular flexibility index (Phi) is 77.2. The average Bonchev–Trinajstić information content (AvgIpc) is 1.26. The highest BCUT2D eigenvalue weighted by atomic mass is 16.7. The van der Waals surface area contributed by atoms with Gasteiger partial charge in [0.15, 0.2) is 12.4 Å². The van der Waals surface area contributed by atoms with E-state index in [4.69, 9.17) is 18.9 Å². The summed E-state index contributed by atoms with van der Waals surface area (Å²) >= 11 is 0. The smallest absolute Gasteiger partial charge is 0.306 e. The summed E-state index contributed by atoms with van der Waals surface area (Å²) in [5.74, 6) is -2.25. The van der Waals surface area contributed by atoms with Gasteiger partial charge in [-0.25, -0.2) is 0 Å². The summed E-state index contributed by atoms with van der Waals surface area (Å²) in [6, 6.07) is 0. The van der Waals surface area contributed by atoms with Gasteiger partial charge in [-0.2, -0.15) is 0 Å². The molecule has 0 spiro atoms. The minimum absolute atomic E-state index is 0.150. The van der Waals surface area contributed by atoms with Crippen LogP contribution in [0.1, 0.15) is 431 Å². The molecule has 0 bridgehead atoms. The topological polar surface area (TPSA) is 111 Å². The van der Waals surface area contributed by atoms with Gasteiger partial charge in [-0.1, -0.05) is 421 Å². The van der Waals surface area contributed by atoms with Gasteiger partial charge in [-0.05, 0) is 57.8 Å². The fourth-order valence-electron chi connectivity index (χ4n) is 13.0. The van der Waals surface area contributed by atoms with Crippen LogP contribution in [0.5, 0.6) is 0 Å². The van der Waals surface area contributed by atoms with Gasteiger partial charge in [-0.15, -0.1) is 0 Å². The van der Waals surface area contributed by atoms with Crippen LogP contribution < -0.4 is 5.11 Å². The molecule has 0 amide bonds. The number of rotatable bonds is 81. The molecule has 0 saturated heterocycles. The Morgan fingerprint density at radius 3 is 0.867 bits per heavy atom. The molecule has 2 atom stereocenters. The molecular formula is C89H165NO8. The molecule has 0 rings (SSSR count). The van der Waals surface area contributed by atoms with E-state index in [1.807, 2.05) is 21.1 Å². The first kappa shape index (κ1) is 95.0. The minimum atomic E-state index is -1.62. The van der Waals surface area contributed by atoms with Crippen molar-refractivity contribution >= 4 is 17.9 Å². The van der Waals surface area contributed by atoms with Crippen molar-refractivity contribution in [2.24, 2.45) is 0 Å². The van der Waals surface area contributed by atoms with E-state index in [0.29, 0.717) is 17.4 Å². The highest BCUT2D eigenvalue weighted by Crippen LogP contribution is 2.21. The first-order valence-electron chi connectivity index (χ1n) is 42.9. The molecule has 2 unspecified atom stereocenters. The van der Waals surface area contributed by atoms with E-state index in [1.165, 1.54) is 334 Å². The summed E-state index contributed by atoms with van der Waals surface area (Å²) in [6.07, 6.45) is 104. The van der Waals surface area contributed by atoms with Crippen LogP contribution in [0.25, 0.3) is 0 Å². The van der Waals surface area contributed by atoms with Gasteiger partial charge in [-0.3, -0.25) is 9.59 Å². The van der Waals surface area contributed by atoms with E-state index in [-0.39, 0.29) is 32.2 Å². The number of likely N-dealkylation sites (N-methyl/N-ethyl adjacent to an activating group) is 1. The van der Waals surface area contributed by atoms with Crippen LogP contribution in [0.4, 0.5) is 0 Å². The number of unbranched alkanes of at least 4 members (excludes halogenated alkanes) is 56.